The summed E-state index contributed by atoms with van der Waals surface area (Å²) in [6.45, 7) is 4.50. The summed E-state index contributed by atoms with van der Waals surface area (Å²) in [6, 6.07) is 6.89. The van der Waals surface area contributed by atoms with Crippen molar-refractivity contribution in [3.8, 4) is 5.75 Å². The van der Waals surface area contributed by atoms with E-state index in [0.717, 1.165) is 22.9 Å². The van der Waals surface area contributed by atoms with Crippen molar-refractivity contribution in [2.24, 2.45) is 4.99 Å². The predicted octanol–water partition coefficient (Wildman–Crippen LogP) is 3.75. The van der Waals surface area contributed by atoms with Crippen LogP contribution >= 0.6 is 0 Å². The first kappa shape index (κ1) is 19.3. The van der Waals surface area contributed by atoms with E-state index in [4.69, 9.17) is 0 Å². The van der Waals surface area contributed by atoms with Gasteiger partial charge in [0.1, 0.15) is 17.4 Å². The molecule has 0 aromatic carbocycles. The van der Waals surface area contributed by atoms with Gasteiger partial charge in [-0.25, -0.2) is 9.97 Å². The van der Waals surface area contributed by atoms with Crippen LogP contribution in [-0.4, -0.2) is 32.9 Å². The molecule has 3 rings (SSSR count). The highest BCUT2D eigenvalue weighted by atomic mass is 16.3. The summed E-state index contributed by atoms with van der Waals surface area (Å²) < 4.78 is 1.73. The Bertz CT molecular complexity index is 1100. The van der Waals surface area contributed by atoms with Gasteiger partial charge >= 0.3 is 0 Å². The minimum Gasteiger partial charge on any atom is -0.506 e. The maximum Gasteiger partial charge on any atom is 0.258 e. The number of pyridine rings is 3. The topological polar surface area (TPSA) is 92.4 Å². The van der Waals surface area contributed by atoms with Crippen LogP contribution in [0.3, 0.4) is 0 Å². The first-order valence-corrected chi connectivity index (χ1v) is 9.15. The van der Waals surface area contributed by atoms with Crippen LogP contribution in [0.1, 0.15) is 25.8 Å². The number of anilines is 2. The summed E-state index contributed by atoms with van der Waals surface area (Å²) in [5, 5.41) is 13.3. The Morgan fingerprint density at radius 3 is 2.64 bits per heavy atom. The molecular formula is C21H23N5O2. The zero-order valence-corrected chi connectivity index (χ0v) is 16.2. The molecule has 0 aliphatic rings. The first-order chi connectivity index (χ1) is 13.6. The van der Waals surface area contributed by atoms with Crippen molar-refractivity contribution < 1.29 is 5.11 Å². The van der Waals surface area contributed by atoms with Crippen molar-refractivity contribution in [3.05, 3.63) is 58.7 Å². The Morgan fingerprint density at radius 2 is 2.00 bits per heavy atom. The number of rotatable bonds is 6. The lowest BCUT2D eigenvalue weighted by atomic mass is 10.1. The van der Waals surface area contributed by atoms with E-state index in [1.807, 2.05) is 32.1 Å². The molecule has 3 aromatic rings. The van der Waals surface area contributed by atoms with E-state index in [1.165, 1.54) is 6.20 Å². The fourth-order valence-electron chi connectivity index (χ4n) is 3.04. The number of aliphatic imine (C=N–C) groups is 1. The maximum absolute atomic E-state index is 13.1. The van der Waals surface area contributed by atoms with E-state index in [9.17, 15) is 9.90 Å². The van der Waals surface area contributed by atoms with E-state index < -0.39 is 0 Å². The zero-order valence-electron chi connectivity index (χ0n) is 16.2. The van der Waals surface area contributed by atoms with Gasteiger partial charge in [-0.1, -0.05) is 13.0 Å². The van der Waals surface area contributed by atoms with E-state index in [1.54, 1.807) is 36.2 Å². The van der Waals surface area contributed by atoms with E-state index in [-0.39, 0.29) is 11.3 Å². The van der Waals surface area contributed by atoms with Crippen LogP contribution in [-0.2, 0) is 6.54 Å². The lowest BCUT2D eigenvalue weighted by molar-refractivity contribution is 0.473. The third-order valence-corrected chi connectivity index (χ3v) is 4.30. The van der Waals surface area contributed by atoms with E-state index >= 15 is 0 Å². The monoisotopic (exact) mass is 377 g/mol. The average Bonchev–Trinajstić information content (AvgIpc) is 2.69. The largest absolute Gasteiger partial charge is 0.506 e. The SMILES string of the molecule is CC/C=C(\C=NC)c1cc2cnc(Nc3ccc(O)cn3)cc2n(CC)c1=O. The number of hydrogen-bond donors (Lipinski definition) is 2. The Hall–Kier alpha value is -3.48. The van der Waals surface area contributed by atoms with Crippen LogP contribution in [0.15, 0.2) is 52.5 Å². The number of fused-ring (bicyclic) bond motifs is 1. The Balaban J connectivity index is 2.11. The molecule has 0 saturated heterocycles. The molecule has 0 aliphatic carbocycles. The van der Waals surface area contributed by atoms with Gasteiger partial charge in [0.2, 0.25) is 0 Å². The summed E-state index contributed by atoms with van der Waals surface area (Å²) >= 11 is 0. The molecule has 2 N–H and O–H groups in total. The van der Waals surface area contributed by atoms with Gasteiger partial charge in [-0.15, -0.1) is 0 Å². The zero-order chi connectivity index (χ0) is 20.1. The first-order valence-electron chi connectivity index (χ1n) is 9.15. The van der Waals surface area contributed by atoms with Crippen LogP contribution < -0.4 is 10.9 Å². The van der Waals surface area contributed by atoms with Crippen molar-refractivity contribution in [2.75, 3.05) is 12.4 Å². The number of allylic oxidation sites excluding steroid dienone is 2. The van der Waals surface area contributed by atoms with Gasteiger partial charge in [0, 0.05) is 48.6 Å². The summed E-state index contributed by atoms with van der Waals surface area (Å²) in [5.74, 6) is 1.22. The van der Waals surface area contributed by atoms with Crippen molar-refractivity contribution in [1.29, 1.82) is 0 Å². The highest BCUT2D eigenvalue weighted by molar-refractivity contribution is 6.10. The van der Waals surface area contributed by atoms with Crippen LogP contribution in [0, 0.1) is 0 Å². The fraction of sp³-hybridized carbons (Fsp3) is 0.238. The molecule has 3 heterocycles. The molecule has 0 atom stereocenters. The van der Waals surface area contributed by atoms with Crippen molar-refractivity contribution in [3.63, 3.8) is 0 Å². The van der Waals surface area contributed by atoms with Gasteiger partial charge < -0.3 is 15.0 Å². The number of hydrogen-bond acceptors (Lipinski definition) is 6. The predicted molar refractivity (Wildman–Crippen MR) is 114 cm³/mol. The summed E-state index contributed by atoms with van der Waals surface area (Å²) in [5.41, 5.74) is 2.16. The molecule has 0 saturated carbocycles. The molecule has 0 unspecified atom stereocenters. The summed E-state index contributed by atoms with van der Waals surface area (Å²) in [6.07, 6.45) is 7.61. The summed E-state index contributed by atoms with van der Waals surface area (Å²) in [4.78, 5) is 25.7. The Morgan fingerprint density at radius 1 is 1.21 bits per heavy atom. The van der Waals surface area contributed by atoms with Crippen molar-refractivity contribution >= 4 is 34.3 Å². The number of aromatic nitrogens is 3. The Labute approximate surface area is 163 Å². The molecule has 0 amide bonds. The van der Waals surface area contributed by atoms with Gasteiger partial charge in [0.25, 0.3) is 5.56 Å². The molecule has 0 bridgehead atoms. The second-order valence-electron chi connectivity index (χ2n) is 6.22. The highest BCUT2D eigenvalue weighted by Gasteiger charge is 2.12. The van der Waals surface area contributed by atoms with Gasteiger partial charge in [0.05, 0.1) is 11.7 Å². The van der Waals surface area contributed by atoms with E-state index in [2.05, 4.69) is 20.3 Å². The van der Waals surface area contributed by atoms with Gasteiger partial charge in [-0.2, -0.15) is 0 Å². The number of nitrogens with zero attached hydrogens (tertiary/aromatic N) is 4. The van der Waals surface area contributed by atoms with Crippen molar-refractivity contribution in [1.82, 2.24) is 14.5 Å². The third-order valence-electron chi connectivity index (χ3n) is 4.30. The summed E-state index contributed by atoms with van der Waals surface area (Å²) in [7, 11) is 1.69. The molecule has 7 nitrogen and oxygen atoms in total. The number of aromatic hydroxyl groups is 1. The van der Waals surface area contributed by atoms with E-state index in [0.29, 0.717) is 23.7 Å². The van der Waals surface area contributed by atoms with Crippen LogP contribution in [0.2, 0.25) is 0 Å². The second-order valence-corrected chi connectivity index (χ2v) is 6.22. The second kappa shape index (κ2) is 8.47. The minimum absolute atomic E-state index is 0.0606. The number of aryl methyl sites for hydroxylation is 1. The van der Waals surface area contributed by atoms with Crippen LogP contribution in [0.25, 0.3) is 16.5 Å². The third kappa shape index (κ3) is 3.93. The van der Waals surface area contributed by atoms with Crippen molar-refractivity contribution in [2.45, 2.75) is 26.8 Å². The molecule has 0 aliphatic heterocycles. The molecule has 3 aromatic heterocycles. The number of nitrogens with one attached hydrogen (secondary N) is 1. The molecular weight excluding hydrogens is 354 g/mol. The van der Waals surface area contributed by atoms with Gasteiger partial charge in [0.15, 0.2) is 0 Å². The lowest BCUT2D eigenvalue weighted by Gasteiger charge is -2.13. The molecule has 144 valence electrons. The minimum atomic E-state index is -0.0606. The fourth-order valence-corrected chi connectivity index (χ4v) is 3.04. The smallest absolute Gasteiger partial charge is 0.258 e. The molecule has 7 heteroatoms. The molecule has 0 fully saturated rings. The van der Waals surface area contributed by atoms with Crippen LogP contribution in [0.5, 0.6) is 5.75 Å². The average molecular weight is 377 g/mol. The quantitative estimate of drug-likeness (QED) is 0.638. The molecule has 28 heavy (non-hydrogen) atoms. The van der Waals surface area contributed by atoms with Crippen LogP contribution in [0.4, 0.5) is 11.6 Å². The Kier molecular flexibility index (Phi) is 5.84. The van der Waals surface area contributed by atoms with Gasteiger partial charge in [-0.05, 0) is 31.5 Å². The highest BCUT2D eigenvalue weighted by Crippen LogP contribution is 2.22. The van der Waals surface area contributed by atoms with Gasteiger partial charge in [-0.3, -0.25) is 9.79 Å². The normalized spacial score (nSPS) is 12.0. The lowest BCUT2D eigenvalue weighted by Crippen LogP contribution is -2.23. The molecule has 0 spiro atoms. The molecule has 0 radical (unpaired) electrons. The maximum atomic E-state index is 13.1. The standard InChI is InChI=1S/C21H23N5O2/c1-4-6-14(11-22-3)17-9-15-12-23-20(10-18(15)26(5-2)21(17)28)25-19-8-7-16(27)13-24-19/h6-13,27H,4-5H2,1-3H3,(H,23,24,25)/b14-6+,22-11?.